The fourth-order valence-corrected chi connectivity index (χ4v) is 1.32. The van der Waals surface area contributed by atoms with Gasteiger partial charge in [-0.05, 0) is 18.2 Å². The van der Waals surface area contributed by atoms with Crippen molar-refractivity contribution in [2.24, 2.45) is 0 Å². The third-order valence-corrected chi connectivity index (χ3v) is 2.08. The van der Waals surface area contributed by atoms with Gasteiger partial charge in [-0.25, -0.2) is 0 Å². The Morgan fingerprint density at radius 3 is 3.07 bits per heavy atom. The third kappa shape index (κ3) is 4.47. The van der Waals surface area contributed by atoms with Crippen LogP contribution in [-0.2, 0) is 4.79 Å². The largest absolute Gasteiger partial charge is 0.493 e. The van der Waals surface area contributed by atoms with E-state index in [1.54, 1.807) is 12.3 Å². The minimum atomic E-state index is -0.340. The summed E-state index contributed by atoms with van der Waals surface area (Å²) in [5.41, 5.74) is 0. The van der Waals surface area contributed by atoms with Gasteiger partial charge in [0.1, 0.15) is 5.75 Å². The number of nitrogens with one attached hydrogen (secondary N) is 1. The highest BCUT2D eigenvalue weighted by Gasteiger charge is 2.00. The smallest absolute Gasteiger partial charge is 0.236 e. The number of hydrogen-bond donors (Lipinski definition) is 1. The molecule has 0 spiro atoms. The molecule has 0 heterocycles. The molecule has 0 saturated carbocycles. The average molecular weight is 269 g/mol. The Bertz CT molecular complexity index is 387. The van der Waals surface area contributed by atoms with E-state index in [0.29, 0.717) is 5.75 Å². The van der Waals surface area contributed by atoms with Gasteiger partial charge in [0.2, 0.25) is 5.91 Å². The summed E-state index contributed by atoms with van der Waals surface area (Å²) in [5, 5.41) is 10.2. The van der Waals surface area contributed by atoms with Crippen molar-refractivity contribution in [3.8, 4) is 11.9 Å². The molecule has 15 heavy (non-hydrogen) atoms. The quantitative estimate of drug-likeness (QED) is 0.669. The van der Waals surface area contributed by atoms with Crippen molar-refractivity contribution >= 4 is 21.8 Å². The maximum absolute atomic E-state index is 10.9. The summed E-state index contributed by atoms with van der Waals surface area (Å²) in [6.07, 6.45) is 1.73. The van der Waals surface area contributed by atoms with E-state index < -0.39 is 0 Å². The molecule has 5 heteroatoms. The molecular formula is C10H9BrN2O2. The van der Waals surface area contributed by atoms with Gasteiger partial charge in [-0.2, -0.15) is 5.26 Å². The van der Waals surface area contributed by atoms with Crippen LogP contribution in [0.3, 0.4) is 0 Å². The van der Waals surface area contributed by atoms with Crippen molar-refractivity contribution in [2.45, 2.75) is 6.42 Å². The Balaban J connectivity index is 2.32. The predicted molar refractivity (Wildman–Crippen MR) is 58.0 cm³/mol. The molecule has 0 bridgehead atoms. The van der Waals surface area contributed by atoms with Crippen molar-refractivity contribution in [1.82, 2.24) is 5.32 Å². The van der Waals surface area contributed by atoms with Gasteiger partial charge in [0.15, 0.2) is 6.19 Å². The van der Waals surface area contributed by atoms with Crippen LogP contribution in [0.25, 0.3) is 0 Å². The zero-order valence-corrected chi connectivity index (χ0v) is 9.45. The Labute approximate surface area is 96.0 Å². The number of rotatable bonds is 4. The minimum Gasteiger partial charge on any atom is -0.493 e. The van der Waals surface area contributed by atoms with Crippen LogP contribution in [0.5, 0.6) is 5.75 Å². The zero-order valence-electron chi connectivity index (χ0n) is 7.87. The van der Waals surface area contributed by atoms with Gasteiger partial charge in [-0.1, -0.05) is 22.0 Å². The lowest BCUT2D eigenvalue weighted by molar-refractivity contribution is -0.120. The van der Waals surface area contributed by atoms with Gasteiger partial charge >= 0.3 is 0 Å². The summed E-state index contributed by atoms with van der Waals surface area (Å²) in [6.45, 7) is 0.254. The molecule has 0 aliphatic rings. The van der Waals surface area contributed by atoms with Crippen LogP contribution in [-0.4, -0.2) is 12.5 Å². The van der Waals surface area contributed by atoms with E-state index in [1.165, 1.54) is 0 Å². The van der Waals surface area contributed by atoms with Crippen molar-refractivity contribution in [1.29, 1.82) is 5.26 Å². The Hall–Kier alpha value is -1.54. The van der Waals surface area contributed by atoms with Crippen LogP contribution in [0.15, 0.2) is 28.7 Å². The van der Waals surface area contributed by atoms with Gasteiger partial charge in [-0.15, -0.1) is 0 Å². The molecule has 0 aromatic heterocycles. The maximum atomic E-state index is 10.9. The van der Waals surface area contributed by atoms with Gasteiger partial charge in [-0.3, -0.25) is 10.1 Å². The van der Waals surface area contributed by atoms with E-state index in [9.17, 15) is 4.79 Å². The third-order valence-electron chi connectivity index (χ3n) is 1.59. The molecule has 0 aliphatic heterocycles. The van der Waals surface area contributed by atoms with E-state index >= 15 is 0 Å². The van der Waals surface area contributed by atoms with Crippen LogP contribution >= 0.6 is 15.9 Å². The normalized spacial score (nSPS) is 9.07. The van der Waals surface area contributed by atoms with Crippen molar-refractivity contribution in [3.05, 3.63) is 28.7 Å². The van der Waals surface area contributed by atoms with E-state index in [2.05, 4.69) is 15.9 Å². The van der Waals surface area contributed by atoms with Crippen LogP contribution in [0, 0.1) is 11.5 Å². The molecule has 1 amide bonds. The molecule has 78 valence electrons. The van der Waals surface area contributed by atoms with Gasteiger partial charge in [0, 0.05) is 4.47 Å². The number of benzene rings is 1. The van der Waals surface area contributed by atoms with Gasteiger partial charge in [0.25, 0.3) is 0 Å². The number of nitriles is 1. The molecule has 0 radical (unpaired) electrons. The topological polar surface area (TPSA) is 62.1 Å². The maximum Gasteiger partial charge on any atom is 0.236 e. The van der Waals surface area contributed by atoms with Gasteiger partial charge in [0.05, 0.1) is 13.0 Å². The number of carbonyl (C=O) groups excluding carboxylic acids is 1. The minimum absolute atomic E-state index is 0.167. The van der Waals surface area contributed by atoms with E-state index in [4.69, 9.17) is 10.00 Å². The van der Waals surface area contributed by atoms with Crippen molar-refractivity contribution in [2.75, 3.05) is 6.61 Å². The molecule has 1 rings (SSSR count). The van der Waals surface area contributed by atoms with E-state index in [-0.39, 0.29) is 18.9 Å². The first kappa shape index (κ1) is 11.5. The zero-order chi connectivity index (χ0) is 11.1. The molecular weight excluding hydrogens is 260 g/mol. The number of ether oxygens (including phenoxy) is 1. The Kier molecular flexibility index (Phi) is 4.64. The summed E-state index contributed by atoms with van der Waals surface area (Å²) in [6, 6.07) is 7.33. The molecule has 1 aromatic carbocycles. The lowest BCUT2D eigenvalue weighted by atomic mass is 10.3. The monoisotopic (exact) mass is 268 g/mol. The number of amides is 1. The second kappa shape index (κ2) is 6.04. The molecule has 1 N–H and O–H groups in total. The molecule has 4 nitrogen and oxygen atoms in total. The summed E-state index contributed by atoms with van der Waals surface area (Å²) in [7, 11) is 0. The van der Waals surface area contributed by atoms with Crippen molar-refractivity contribution in [3.63, 3.8) is 0 Å². The lowest BCUT2D eigenvalue weighted by Crippen LogP contribution is -2.19. The number of halogens is 1. The van der Waals surface area contributed by atoms with E-state index in [1.807, 2.05) is 23.5 Å². The summed E-state index contributed by atoms with van der Waals surface area (Å²) in [4.78, 5) is 10.9. The van der Waals surface area contributed by atoms with Gasteiger partial charge < -0.3 is 4.74 Å². The number of carbonyl (C=O) groups is 1. The fraction of sp³-hybridized carbons (Fsp3) is 0.200. The second-order valence-electron chi connectivity index (χ2n) is 2.72. The molecule has 0 saturated heterocycles. The van der Waals surface area contributed by atoms with Crippen LogP contribution in [0.4, 0.5) is 0 Å². The first-order chi connectivity index (χ1) is 7.22. The summed E-state index contributed by atoms with van der Waals surface area (Å²) in [5.74, 6) is 0.349. The first-order valence-electron chi connectivity index (χ1n) is 4.28. The average Bonchev–Trinajstić information content (AvgIpc) is 2.18. The highest BCUT2D eigenvalue weighted by atomic mass is 79.9. The Morgan fingerprint density at radius 2 is 2.40 bits per heavy atom. The molecule has 0 unspecified atom stereocenters. The SMILES string of the molecule is N#CNC(=O)CCOc1cccc(Br)c1. The highest BCUT2D eigenvalue weighted by molar-refractivity contribution is 9.10. The summed E-state index contributed by atoms with van der Waals surface area (Å²) >= 11 is 3.31. The molecule has 0 aliphatic carbocycles. The van der Waals surface area contributed by atoms with Crippen molar-refractivity contribution < 1.29 is 9.53 Å². The molecule has 0 fully saturated rings. The second-order valence-corrected chi connectivity index (χ2v) is 3.63. The predicted octanol–water partition coefficient (Wildman–Crippen LogP) is 1.82. The van der Waals surface area contributed by atoms with E-state index in [0.717, 1.165) is 4.47 Å². The number of nitrogens with zero attached hydrogens (tertiary/aromatic N) is 1. The lowest BCUT2D eigenvalue weighted by Gasteiger charge is -2.04. The van der Waals surface area contributed by atoms with Crippen LogP contribution < -0.4 is 10.1 Å². The fourth-order valence-electron chi connectivity index (χ4n) is 0.943. The molecule has 1 aromatic rings. The number of hydrogen-bond acceptors (Lipinski definition) is 3. The molecule has 0 atom stereocenters. The summed E-state index contributed by atoms with van der Waals surface area (Å²) < 4.78 is 6.22. The van der Waals surface area contributed by atoms with Crippen LogP contribution in [0.1, 0.15) is 6.42 Å². The first-order valence-corrected chi connectivity index (χ1v) is 5.08. The Morgan fingerprint density at radius 1 is 1.60 bits per heavy atom. The standard InChI is InChI=1S/C10H9BrN2O2/c11-8-2-1-3-9(6-8)15-5-4-10(14)13-7-12/h1-3,6H,4-5H2,(H,13,14). The van der Waals surface area contributed by atoms with Crippen LogP contribution in [0.2, 0.25) is 0 Å². The highest BCUT2D eigenvalue weighted by Crippen LogP contribution is 2.17.